The molecule has 3 aromatic rings. The first-order valence-corrected chi connectivity index (χ1v) is 12.0. The number of halogens is 1. The smallest absolute Gasteiger partial charge is 0.342 e. The zero-order valence-electron chi connectivity index (χ0n) is 19.6. The quantitative estimate of drug-likeness (QED) is 0.414. The van der Waals surface area contributed by atoms with Gasteiger partial charge in [0.05, 0.1) is 6.10 Å². The van der Waals surface area contributed by atoms with E-state index in [1.807, 2.05) is 50.2 Å². The Morgan fingerprint density at radius 2 is 1.74 bits per heavy atom. The molecular weight excluding hydrogens is 450 g/mol. The molecule has 0 atom stereocenters. The topological polar surface area (TPSA) is 54.9 Å². The van der Waals surface area contributed by atoms with Crippen LogP contribution >= 0.6 is 11.6 Å². The Morgan fingerprint density at radius 3 is 2.44 bits per heavy atom. The molecule has 0 N–H and O–H groups in total. The SMILES string of the molecule is CC(C)OC(=O)c1cccnc1N1CCN(Cc2ccc(OCc3ccccc3Cl)cc2)CC1. The van der Waals surface area contributed by atoms with E-state index in [4.69, 9.17) is 21.1 Å². The van der Waals surface area contributed by atoms with Crippen LogP contribution < -0.4 is 9.64 Å². The van der Waals surface area contributed by atoms with Gasteiger partial charge in [0.15, 0.2) is 0 Å². The van der Waals surface area contributed by atoms with Gasteiger partial charge in [-0.3, -0.25) is 4.90 Å². The lowest BCUT2D eigenvalue weighted by Crippen LogP contribution is -2.46. The predicted octanol–water partition coefficient (Wildman–Crippen LogP) is 5.20. The van der Waals surface area contributed by atoms with Crippen LogP contribution in [-0.2, 0) is 17.9 Å². The Labute approximate surface area is 206 Å². The van der Waals surface area contributed by atoms with E-state index in [2.05, 4.69) is 26.9 Å². The lowest BCUT2D eigenvalue weighted by molar-refractivity contribution is 0.0378. The number of benzene rings is 2. The van der Waals surface area contributed by atoms with Crippen molar-refractivity contribution in [3.63, 3.8) is 0 Å². The van der Waals surface area contributed by atoms with E-state index in [9.17, 15) is 4.79 Å². The number of pyridine rings is 1. The van der Waals surface area contributed by atoms with Crippen LogP contribution in [0.3, 0.4) is 0 Å². The van der Waals surface area contributed by atoms with Crippen molar-refractivity contribution in [1.82, 2.24) is 9.88 Å². The van der Waals surface area contributed by atoms with Gasteiger partial charge in [0.25, 0.3) is 0 Å². The maximum atomic E-state index is 12.5. The maximum Gasteiger partial charge on any atom is 0.342 e. The average molecular weight is 480 g/mol. The molecule has 6 nitrogen and oxygen atoms in total. The van der Waals surface area contributed by atoms with Gasteiger partial charge in [0.1, 0.15) is 23.7 Å². The van der Waals surface area contributed by atoms with E-state index < -0.39 is 0 Å². The summed E-state index contributed by atoms with van der Waals surface area (Å²) in [5, 5.41) is 0.716. The highest BCUT2D eigenvalue weighted by atomic mass is 35.5. The van der Waals surface area contributed by atoms with Crippen LogP contribution in [0.4, 0.5) is 5.82 Å². The van der Waals surface area contributed by atoms with E-state index in [-0.39, 0.29) is 12.1 Å². The second-order valence-electron chi connectivity index (χ2n) is 8.62. The molecule has 1 saturated heterocycles. The molecule has 0 amide bonds. The minimum atomic E-state index is -0.322. The summed E-state index contributed by atoms with van der Waals surface area (Å²) in [5.41, 5.74) is 2.73. The van der Waals surface area contributed by atoms with Crippen molar-refractivity contribution in [2.24, 2.45) is 0 Å². The zero-order chi connectivity index (χ0) is 23.9. The number of hydrogen-bond acceptors (Lipinski definition) is 6. The summed E-state index contributed by atoms with van der Waals surface area (Å²) in [6.45, 7) is 8.40. The molecule has 1 aromatic heterocycles. The molecular formula is C27H30ClN3O3. The number of hydrogen-bond donors (Lipinski definition) is 0. The Kier molecular flexibility index (Phi) is 8.03. The second-order valence-corrected chi connectivity index (χ2v) is 9.02. The lowest BCUT2D eigenvalue weighted by atomic mass is 10.1. The van der Waals surface area contributed by atoms with Crippen molar-refractivity contribution in [2.45, 2.75) is 33.1 Å². The number of carbonyl (C=O) groups is 1. The normalized spacial score (nSPS) is 14.3. The van der Waals surface area contributed by atoms with E-state index in [0.29, 0.717) is 23.0 Å². The fourth-order valence-electron chi connectivity index (χ4n) is 3.93. The first-order chi connectivity index (χ1) is 16.5. The molecule has 0 saturated carbocycles. The maximum absolute atomic E-state index is 12.5. The van der Waals surface area contributed by atoms with Crippen molar-refractivity contribution >= 4 is 23.4 Å². The van der Waals surface area contributed by atoms with Gasteiger partial charge < -0.3 is 14.4 Å². The summed E-state index contributed by atoms with van der Waals surface area (Å²) in [7, 11) is 0. The van der Waals surface area contributed by atoms with Crippen molar-refractivity contribution in [2.75, 3.05) is 31.1 Å². The molecule has 0 spiro atoms. The molecule has 0 radical (unpaired) electrons. The molecule has 178 valence electrons. The summed E-state index contributed by atoms with van der Waals surface area (Å²) in [6.07, 6.45) is 1.56. The molecule has 0 unspecified atom stereocenters. The first kappa shape index (κ1) is 24.0. The average Bonchev–Trinajstić information content (AvgIpc) is 2.84. The Bertz CT molecular complexity index is 1100. The number of piperazine rings is 1. The van der Waals surface area contributed by atoms with E-state index >= 15 is 0 Å². The van der Waals surface area contributed by atoms with Gasteiger partial charge in [-0.15, -0.1) is 0 Å². The Hall–Kier alpha value is -3.09. The minimum absolute atomic E-state index is 0.162. The molecule has 1 aliphatic rings. The highest BCUT2D eigenvalue weighted by molar-refractivity contribution is 6.31. The van der Waals surface area contributed by atoms with Crippen molar-refractivity contribution < 1.29 is 14.3 Å². The number of nitrogens with zero attached hydrogens (tertiary/aromatic N) is 3. The number of ether oxygens (including phenoxy) is 2. The van der Waals surface area contributed by atoms with Crippen LogP contribution in [0.1, 0.15) is 35.3 Å². The van der Waals surface area contributed by atoms with Crippen LogP contribution in [0.15, 0.2) is 66.9 Å². The largest absolute Gasteiger partial charge is 0.489 e. The first-order valence-electron chi connectivity index (χ1n) is 11.6. The van der Waals surface area contributed by atoms with Crippen LogP contribution in [0.5, 0.6) is 5.75 Å². The molecule has 2 aromatic carbocycles. The van der Waals surface area contributed by atoms with Gasteiger partial charge in [-0.05, 0) is 49.7 Å². The lowest BCUT2D eigenvalue weighted by Gasteiger charge is -2.36. The van der Waals surface area contributed by atoms with E-state index in [0.717, 1.165) is 44.0 Å². The zero-order valence-corrected chi connectivity index (χ0v) is 20.4. The molecule has 4 rings (SSSR count). The summed E-state index contributed by atoms with van der Waals surface area (Å²) < 4.78 is 11.3. The monoisotopic (exact) mass is 479 g/mol. The molecule has 34 heavy (non-hydrogen) atoms. The number of rotatable bonds is 8. The number of anilines is 1. The molecule has 0 bridgehead atoms. The van der Waals surface area contributed by atoms with Crippen molar-refractivity contribution in [3.05, 3.63) is 88.6 Å². The van der Waals surface area contributed by atoms with Gasteiger partial charge in [-0.1, -0.05) is 41.9 Å². The number of carbonyl (C=O) groups excluding carboxylic acids is 1. The van der Waals surface area contributed by atoms with Gasteiger partial charge in [-0.2, -0.15) is 0 Å². The number of esters is 1. The summed E-state index contributed by atoms with van der Waals surface area (Å²) >= 11 is 6.20. The molecule has 1 aliphatic heterocycles. The third-order valence-electron chi connectivity index (χ3n) is 5.70. The van der Waals surface area contributed by atoms with Crippen LogP contribution in [0, 0.1) is 0 Å². The molecule has 1 fully saturated rings. The molecule has 0 aliphatic carbocycles. The Morgan fingerprint density at radius 1 is 1.00 bits per heavy atom. The highest BCUT2D eigenvalue weighted by Gasteiger charge is 2.23. The second kappa shape index (κ2) is 11.4. The molecule has 7 heteroatoms. The third-order valence-corrected chi connectivity index (χ3v) is 6.07. The van der Waals surface area contributed by atoms with Crippen molar-refractivity contribution in [3.8, 4) is 5.75 Å². The fraction of sp³-hybridized carbons (Fsp3) is 0.333. The van der Waals surface area contributed by atoms with Gasteiger partial charge >= 0.3 is 5.97 Å². The summed E-state index contributed by atoms with van der Waals surface area (Å²) in [5.74, 6) is 1.20. The van der Waals surface area contributed by atoms with Crippen LogP contribution in [0.25, 0.3) is 0 Å². The predicted molar refractivity (Wildman–Crippen MR) is 135 cm³/mol. The highest BCUT2D eigenvalue weighted by Crippen LogP contribution is 2.22. The van der Waals surface area contributed by atoms with Crippen LogP contribution in [0.2, 0.25) is 5.02 Å². The summed E-state index contributed by atoms with van der Waals surface area (Å²) in [4.78, 5) is 21.5. The van der Waals surface area contributed by atoms with Gasteiger partial charge in [-0.25, -0.2) is 9.78 Å². The van der Waals surface area contributed by atoms with Gasteiger partial charge in [0, 0.05) is 49.5 Å². The van der Waals surface area contributed by atoms with Crippen molar-refractivity contribution in [1.29, 1.82) is 0 Å². The van der Waals surface area contributed by atoms with Gasteiger partial charge in [0.2, 0.25) is 0 Å². The standard InChI is InChI=1S/C27H30ClN3O3/c1-20(2)34-27(32)24-7-5-13-29-26(24)31-16-14-30(15-17-31)18-21-9-11-23(12-10-21)33-19-22-6-3-4-8-25(22)28/h3-13,20H,14-19H2,1-2H3. The van der Waals surface area contributed by atoms with E-state index in [1.54, 1.807) is 18.3 Å². The fourth-order valence-corrected chi connectivity index (χ4v) is 4.12. The van der Waals surface area contributed by atoms with E-state index in [1.165, 1.54) is 5.56 Å². The minimum Gasteiger partial charge on any atom is -0.489 e. The number of aromatic nitrogens is 1. The molecule has 2 heterocycles. The summed E-state index contributed by atoms with van der Waals surface area (Å²) in [6, 6.07) is 19.5. The Balaban J connectivity index is 1.29. The van der Waals surface area contributed by atoms with Crippen LogP contribution in [-0.4, -0.2) is 48.1 Å². The third kappa shape index (κ3) is 6.27.